The minimum Gasteiger partial charge on any atom is -0.0648 e. The van der Waals surface area contributed by atoms with Crippen LogP contribution in [0.2, 0.25) is 0 Å². The highest BCUT2D eigenvalue weighted by atomic mass is 24.3. The van der Waals surface area contributed by atoms with Crippen LogP contribution < -0.4 is 0 Å². The van der Waals surface area contributed by atoms with Crippen LogP contribution in [0.1, 0.15) is 45.4 Å². The molecule has 1 rings (SSSR count). The van der Waals surface area contributed by atoms with E-state index < -0.39 is 0 Å². The smallest absolute Gasteiger partial charge is 0.0648 e. The summed E-state index contributed by atoms with van der Waals surface area (Å²) in [7, 11) is 0. The van der Waals surface area contributed by atoms with Crippen molar-refractivity contribution in [2.24, 2.45) is 0 Å². The molecule has 1 aliphatic rings. The second-order valence-electron chi connectivity index (χ2n) is 2.66. The lowest BCUT2D eigenvalue weighted by molar-refractivity contribution is 0.515. The van der Waals surface area contributed by atoms with Crippen molar-refractivity contribution in [3.8, 4) is 0 Å². The largest absolute Gasteiger partial charge is 0.316 e. The third kappa shape index (κ3) is 3.46. The minimum absolute atomic E-state index is 0. The molecule has 1 saturated carbocycles. The zero-order valence-electron chi connectivity index (χ0n) is 5.74. The summed E-state index contributed by atoms with van der Waals surface area (Å²) in [6.45, 7) is 2.28. The normalized spacial score (nSPS) is 21.0. The molecule has 0 N–H and O–H groups in total. The van der Waals surface area contributed by atoms with Gasteiger partial charge in [-0.05, 0) is 25.2 Å². The summed E-state index contributed by atoms with van der Waals surface area (Å²) >= 11 is 0. The number of hydrogen-bond donors (Lipinski definition) is 0. The van der Waals surface area contributed by atoms with Crippen molar-refractivity contribution in [3.63, 3.8) is 0 Å². The summed E-state index contributed by atoms with van der Waals surface area (Å²) in [5.41, 5.74) is 0. The second kappa shape index (κ2) is 5.54. The molecular formula is C8H17Mg. The molecule has 0 aromatic heterocycles. The molecule has 0 atom stereocenters. The van der Waals surface area contributed by atoms with Crippen LogP contribution in [0.3, 0.4) is 0 Å². The summed E-state index contributed by atoms with van der Waals surface area (Å²) < 4.78 is 0. The lowest BCUT2D eigenvalue weighted by Gasteiger charge is -2.18. The molecule has 0 nitrogen and oxygen atoms in total. The molecule has 1 fully saturated rings. The van der Waals surface area contributed by atoms with Crippen LogP contribution in [0.5, 0.6) is 0 Å². The molecule has 1 heteroatoms. The third-order valence-electron chi connectivity index (χ3n) is 2.06. The van der Waals surface area contributed by atoms with E-state index in [4.69, 9.17) is 0 Å². The predicted octanol–water partition coefficient (Wildman–Crippen LogP) is 2.02. The summed E-state index contributed by atoms with van der Waals surface area (Å²) in [5, 5.41) is 0. The SMILES string of the molecule is CC[C]1CCCCC1.[MgH2]. The van der Waals surface area contributed by atoms with E-state index in [1.807, 2.05) is 0 Å². The van der Waals surface area contributed by atoms with Crippen molar-refractivity contribution in [3.05, 3.63) is 5.92 Å². The van der Waals surface area contributed by atoms with Crippen LogP contribution in [-0.2, 0) is 0 Å². The molecule has 0 aromatic carbocycles. The average molecular weight is 138 g/mol. The van der Waals surface area contributed by atoms with Crippen LogP contribution in [0.15, 0.2) is 0 Å². The molecule has 1 radical (unpaired) electrons. The maximum absolute atomic E-state index is 2.28. The van der Waals surface area contributed by atoms with E-state index in [9.17, 15) is 0 Å². The Hall–Kier alpha value is 0.766. The summed E-state index contributed by atoms with van der Waals surface area (Å²) in [6.07, 6.45) is 8.59. The van der Waals surface area contributed by atoms with Gasteiger partial charge in [0.25, 0.3) is 0 Å². The molecule has 0 heterocycles. The van der Waals surface area contributed by atoms with Crippen molar-refractivity contribution in [1.82, 2.24) is 0 Å². The molecule has 0 spiro atoms. The van der Waals surface area contributed by atoms with Gasteiger partial charge in [0.2, 0.25) is 0 Å². The first-order valence-electron chi connectivity index (χ1n) is 3.77. The Kier molecular flexibility index (Phi) is 6.02. The molecule has 0 aliphatic heterocycles. The fourth-order valence-corrected chi connectivity index (χ4v) is 1.41. The standard InChI is InChI=1S/C8H15.Mg.2H/c1-2-8-6-4-3-5-7-8;;;/h2-7H2,1H3;;;. The van der Waals surface area contributed by atoms with Crippen molar-refractivity contribution < 1.29 is 0 Å². The zero-order chi connectivity index (χ0) is 5.82. The molecule has 0 saturated heterocycles. The molecule has 51 valence electrons. The Bertz CT molecular complexity index is 55.6. The topological polar surface area (TPSA) is 0 Å². The molecule has 9 heavy (non-hydrogen) atoms. The molecule has 0 bridgehead atoms. The van der Waals surface area contributed by atoms with Crippen LogP contribution in [0.25, 0.3) is 0 Å². The monoisotopic (exact) mass is 137 g/mol. The Balaban J connectivity index is 0.000000640. The Morgan fingerprint density at radius 2 is 1.67 bits per heavy atom. The second-order valence-corrected chi connectivity index (χ2v) is 2.66. The Morgan fingerprint density at radius 1 is 1.11 bits per heavy atom. The van der Waals surface area contributed by atoms with Gasteiger partial charge in [0.05, 0.1) is 0 Å². The fourth-order valence-electron chi connectivity index (χ4n) is 1.41. The first-order chi connectivity index (χ1) is 3.93. The van der Waals surface area contributed by atoms with Gasteiger partial charge in [-0.2, -0.15) is 0 Å². The highest BCUT2D eigenvalue weighted by Crippen LogP contribution is 2.27. The Morgan fingerprint density at radius 3 is 2.00 bits per heavy atom. The highest BCUT2D eigenvalue weighted by Gasteiger charge is 2.10. The van der Waals surface area contributed by atoms with Crippen molar-refractivity contribution in [2.75, 3.05) is 0 Å². The van der Waals surface area contributed by atoms with Gasteiger partial charge in [0, 0.05) is 0 Å². The van der Waals surface area contributed by atoms with Gasteiger partial charge in [-0.15, -0.1) is 0 Å². The van der Waals surface area contributed by atoms with Crippen molar-refractivity contribution >= 4 is 23.1 Å². The maximum Gasteiger partial charge on any atom is 0.316 e. The van der Waals surface area contributed by atoms with Gasteiger partial charge in [0.15, 0.2) is 0 Å². The molecular weight excluding hydrogens is 120 g/mol. The molecule has 0 unspecified atom stereocenters. The Labute approximate surface area is 74.6 Å². The number of hydrogen-bond acceptors (Lipinski definition) is 0. The molecule has 1 aliphatic carbocycles. The van der Waals surface area contributed by atoms with E-state index in [-0.39, 0.29) is 23.1 Å². The number of rotatable bonds is 1. The van der Waals surface area contributed by atoms with E-state index in [0.29, 0.717) is 0 Å². The quantitative estimate of drug-likeness (QED) is 0.485. The van der Waals surface area contributed by atoms with E-state index in [0.717, 1.165) is 0 Å². The van der Waals surface area contributed by atoms with Crippen LogP contribution >= 0.6 is 0 Å². The lowest BCUT2D eigenvalue weighted by Crippen LogP contribution is -2.01. The summed E-state index contributed by atoms with van der Waals surface area (Å²) in [6, 6.07) is 0. The van der Waals surface area contributed by atoms with Crippen LogP contribution in [0, 0.1) is 5.92 Å². The third-order valence-corrected chi connectivity index (χ3v) is 2.06. The maximum atomic E-state index is 2.28. The fraction of sp³-hybridized carbons (Fsp3) is 0.875. The van der Waals surface area contributed by atoms with Crippen molar-refractivity contribution in [2.45, 2.75) is 45.4 Å². The van der Waals surface area contributed by atoms with E-state index in [1.165, 1.54) is 38.5 Å². The average Bonchev–Trinajstić information content (AvgIpc) is 1.90. The summed E-state index contributed by atoms with van der Waals surface area (Å²) in [5.74, 6) is 1.80. The molecule has 0 amide bonds. The van der Waals surface area contributed by atoms with Gasteiger partial charge in [-0.3, -0.25) is 0 Å². The first-order valence-corrected chi connectivity index (χ1v) is 3.77. The van der Waals surface area contributed by atoms with Crippen LogP contribution in [-0.4, -0.2) is 23.1 Å². The summed E-state index contributed by atoms with van der Waals surface area (Å²) in [4.78, 5) is 0. The van der Waals surface area contributed by atoms with Gasteiger partial charge >= 0.3 is 23.1 Å². The van der Waals surface area contributed by atoms with Crippen LogP contribution in [0.4, 0.5) is 0 Å². The minimum atomic E-state index is 0. The molecule has 0 aromatic rings. The van der Waals surface area contributed by atoms with E-state index in [2.05, 4.69) is 6.92 Å². The van der Waals surface area contributed by atoms with Crippen molar-refractivity contribution in [1.29, 1.82) is 0 Å². The van der Waals surface area contributed by atoms with Gasteiger partial charge < -0.3 is 0 Å². The van der Waals surface area contributed by atoms with Gasteiger partial charge in [-0.1, -0.05) is 26.2 Å². The lowest BCUT2D eigenvalue weighted by atomic mass is 9.88. The van der Waals surface area contributed by atoms with E-state index >= 15 is 0 Å². The van der Waals surface area contributed by atoms with Gasteiger partial charge in [-0.25, -0.2) is 0 Å². The first kappa shape index (κ1) is 9.77. The predicted molar refractivity (Wildman–Crippen MR) is 45.2 cm³/mol. The highest BCUT2D eigenvalue weighted by molar-refractivity contribution is 5.75. The van der Waals surface area contributed by atoms with E-state index in [1.54, 1.807) is 5.92 Å². The zero-order valence-corrected chi connectivity index (χ0v) is 5.74. The van der Waals surface area contributed by atoms with Gasteiger partial charge in [0.1, 0.15) is 0 Å².